The Balaban J connectivity index is 0.000000248. The van der Waals surface area contributed by atoms with Crippen molar-refractivity contribution in [3.05, 3.63) is 202 Å². The Hall–Kier alpha value is -10.9. The van der Waals surface area contributed by atoms with Gasteiger partial charge in [0, 0.05) is 91.7 Å². The van der Waals surface area contributed by atoms with Crippen LogP contribution in [0.5, 0.6) is 0 Å². The van der Waals surface area contributed by atoms with E-state index in [2.05, 4.69) is 9.80 Å². The summed E-state index contributed by atoms with van der Waals surface area (Å²) in [5.74, 6) is -7.11. The van der Waals surface area contributed by atoms with Crippen LogP contribution >= 0.6 is 0 Å². The first-order valence-electron chi connectivity index (χ1n) is 44.7. The van der Waals surface area contributed by atoms with Gasteiger partial charge in [0.25, 0.3) is 0 Å². The quantitative estimate of drug-likeness (QED) is 0.0257. The van der Waals surface area contributed by atoms with Crippen molar-refractivity contribution in [2.24, 2.45) is 23.7 Å². The zero-order valence-electron chi connectivity index (χ0n) is 75.7. The molecule has 0 aliphatic carbocycles. The van der Waals surface area contributed by atoms with Crippen molar-refractivity contribution in [1.82, 2.24) is 19.6 Å². The summed E-state index contributed by atoms with van der Waals surface area (Å²) in [5.41, 5.74) is 9.23. The van der Waals surface area contributed by atoms with Gasteiger partial charge in [0.15, 0.2) is 23.1 Å². The number of nitrogens with zero attached hydrogens (tertiary/aromatic N) is 6. The van der Waals surface area contributed by atoms with Gasteiger partial charge in [-0.3, -0.25) is 57.5 Å². The van der Waals surface area contributed by atoms with Gasteiger partial charge < -0.3 is 67.3 Å². The SMILES string of the molecule is COC(=O)CC(C(=O)N1CCC[C@H]1C(=O)Cc1ccc([C@@H]2CC[C@@H](c3ccc(CC(=O)[C@@H]4CCCN4C(=O)[C@@H](CC(=O)OC)[C@@H](C)OC)cc3)N2c2ccc(F)cc2)cc1)[C@@H](C)OC.COC(=O)CC(C(=O)N1CCC[C@H]1C(=O)Cc1ccc([C@H]2CC[C@H](c3ccc(CC(=O)[C@@H]4CCCN4C(=O)[C@@H](CC(=O)OC)[C@@H](C)OC)cc3)N2c2ccc(F)cc2)cc1)[C@@H](C)OC. The van der Waals surface area contributed by atoms with Gasteiger partial charge in [-0.05, 0) is 198 Å². The summed E-state index contributed by atoms with van der Waals surface area (Å²) in [5, 5.41) is 0. The Morgan fingerprint density at radius 2 is 0.484 bits per heavy atom. The minimum Gasteiger partial charge on any atom is -0.469 e. The van der Waals surface area contributed by atoms with Crippen molar-refractivity contribution >= 4 is 82.0 Å². The highest BCUT2D eigenvalue weighted by molar-refractivity contribution is 5.96. The first kappa shape index (κ1) is 97.7. The number of anilines is 2. The first-order valence-corrected chi connectivity index (χ1v) is 44.7. The molecule has 0 spiro atoms. The molecule has 26 nitrogen and oxygen atoms in total. The van der Waals surface area contributed by atoms with E-state index in [1.165, 1.54) is 81.1 Å². The number of methoxy groups -OCH3 is 8. The number of rotatable bonds is 38. The molecule has 6 aromatic carbocycles. The molecule has 0 aromatic heterocycles. The van der Waals surface area contributed by atoms with Crippen LogP contribution in [0.3, 0.4) is 0 Å². The smallest absolute Gasteiger partial charge is 0.306 e. The summed E-state index contributed by atoms with van der Waals surface area (Å²) in [6.07, 6.45) is 6.18. The molecule has 12 rings (SSSR count). The summed E-state index contributed by atoms with van der Waals surface area (Å²) < 4.78 is 69.5. The molecule has 28 heteroatoms. The van der Waals surface area contributed by atoms with Crippen LogP contribution in [0.4, 0.5) is 20.2 Å². The van der Waals surface area contributed by atoms with E-state index in [-0.39, 0.29) is 134 Å². The molecular weight excluding hydrogens is 1640 g/mol. The number of hydrogen-bond donors (Lipinski definition) is 0. The van der Waals surface area contributed by atoms with Gasteiger partial charge >= 0.3 is 23.9 Å². The van der Waals surface area contributed by atoms with Gasteiger partial charge in [-0.15, -0.1) is 0 Å². The summed E-state index contributed by atoms with van der Waals surface area (Å²) in [6.45, 7) is 8.68. The van der Waals surface area contributed by atoms with E-state index in [1.807, 2.05) is 97.1 Å². The molecule has 6 aliphatic heterocycles. The molecule has 0 N–H and O–H groups in total. The van der Waals surface area contributed by atoms with E-state index >= 15 is 0 Å². The number of halogens is 2. The van der Waals surface area contributed by atoms with E-state index in [0.717, 1.165) is 81.6 Å². The number of ether oxygens (including phenoxy) is 8. The average molecular weight is 1770 g/mol. The normalized spacial score (nSPS) is 21.6. The molecule has 6 heterocycles. The molecule has 6 fully saturated rings. The molecule has 0 saturated carbocycles. The number of carbonyl (C=O) groups is 12. The highest BCUT2D eigenvalue weighted by Crippen LogP contribution is 2.49. The van der Waals surface area contributed by atoms with Crippen molar-refractivity contribution < 1.29 is 104 Å². The van der Waals surface area contributed by atoms with Crippen LogP contribution in [0.25, 0.3) is 0 Å². The van der Waals surface area contributed by atoms with Crippen molar-refractivity contribution in [3.63, 3.8) is 0 Å². The fraction of sp³-hybridized carbons (Fsp3) is 0.520. The Morgan fingerprint density at radius 3 is 0.664 bits per heavy atom. The fourth-order valence-electron chi connectivity index (χ4n) is 19.4. The third-order valence-corrected chi connectivity index (χ3v) is 27.1. The lowest BCUT2D eigenvalue weighted by Crippen LogP contribution is -2.47. The molecule has 0 radical (unpaired) electrons. The molecule has 4 amide bonds. The number of hydrogen-bond acceptors (Lipinski definition) is 22. The predicted octanol–water partition coefficient (Wildman–Crippen LogP) is 13.1. The number of benzene rings is 6. The second-order valence-electron chi connectivity index (χ2n) is 34.6. The molecule has 128 heavy (non-hydrogen) atoms. The zero-order chi connectivity index (χ0) is 92.2. The van der Waals surface area contributed by atoms with E-state index < -0.39 is 96.1 Å². The van der Waals surface area contributed by atoms with Crippen molar-refractivity contribution in [2.45, 2.75) is 229 Å². The Morgan fingerprint density at radius 1 is 0.289 bits per heavy atom. The van der Waals surface area contributed by atoms with Gasteiger partial charge in [-0.25, -0.2) is 8.78 Å². The molecule has 688 valence electrons. The van der Waals surface area contributed by atoms with Crippen LogP contribution in [-0.4, -0.2) is 222 Å². The lowest BCUT2D eigenvalue weighted by Gasteiger charge is -2.33. The van der Waals surface area contributed by atoms with Crippen LogP contribution in [0, 0.1) is 35.3 Å². The van der Waals surface area contributed by atoms with Gasteiger partial charge in [-0.2, -0.15) is 0 Å². The summed E-state index contributed by atoms with van der Waals surface area (Å²) in [6, 6.07) is 42.4. The molecule has 2 unspecified atom stereocenters. The Kier molecular flexibility index (Phi) is 35.0. The lowest BCUT2D eigenvalue weighted by molar-refractivity contribution is -0.151. The summed E-state index contributed by atoms with van der Waals surface area (Å²) in [4.78, 5) is 169. The summed E-state index contributed by atoms with van der Waals surface area (Å²) >= 11 is 0. The predicted molar refractivity (Wildman–Crippen MR) is 473 cm³/mol. The molecule has 6 saturated heterocycles. The monoisotopic (exact) mass is 1770 g/mol. The van der Waals surface area contributed by atoms with Crippen molar-refractivity contribution in [3.8, 4) is 0 Å². The highest BCUT2D eigenvalue weighted by Gasteiger charge is 2.46. The first-order chi connectivity index (χ1) is 61.5. The average Bonchev–Trinajstić information content (AvgIpc) is 1.64. The van der Waals surface area contributed by atoms with Gasteiger partial charge in [0.2, 0.25) is 23.6 Å². The third-order valence-electron chi connectivity index (χ3n) is 27.1. The van der Waals surface area contributed by atoms with Crippen molar-refractivity contribution in [2.75, 3.05) is 92.9 Å². The number of ketones is 4. The molecular formula is C100H124F2N6O20. The highest BCUT2D eigenvalue weighted by atomic mass is 19.1. The second kappa shape index (κ2) is 45.9. The minimum atomic E-state index is -0.760. The maximum atomic E-state index is 14.2. The molecule has 6 aromatic rings. The largest absolute Gasteiger partial charge is 0.469 e. The van der Waals surface area contributed by atoms with Crippen LogP contribution in [0.2, 0.25) is 0 Å². The standard InChI is InChI=1S/2C50H62FN3O10/c2*1-31(61-3)39(29-47(57)63-5)49(59)52-25-7-9-43(52)45(55)27-33-11-15-35(16-12-33)41-23-24-42(54(41)38-21-19-37(51)20-22-38)36-17-13-34(14-18-36)28-46(56)44-10-8-26-53(44)50(60)40(32(2)62-4)30-48(58)64-6/h2*11-22,31-32,39-44H,7-10,23-30H2,1-6H3/t31-,32-,39+,40?,41+,42+,43+,44+;31-,32-,39+,40?,41-,42-,43+,44+/m11/s1. The van der Waals surface area contributed by atoms with E-state index in [1.54, 1.807) is 71.6 Å². The van der Waals surface area contributed by atoms with E-state index in [0.29, 0.717) is 77.5 Å². The van der Waals surface area contributed by atoms with Gasteiger partial charge in [0.05, 0.1) is 151 Å². The lowest BCUT2D eigenvalue weighted by atomic mass is 9.95. The van der Waals surface area contributed by atoms with Crippen LogP contribution in [-0.2, 0) is 121 Å². The van der Waals surface area contributed by atoms with E-state index in [9.17, 15) is 66.3 Å². The van der Waals surface area contributed by atoms with Crippen LogP contribution < -0.4 is 9.80 Å². The van der Waals surface area contributed by atoms with Gasteiger partial charge in [0.1, 0.15) is 11.6 Å². The van der Waals surface area contributed by atoms with Crippen LogP contribution in [0.15, 0.2) is 146 Å². The maximum absolute atomic E-state index is 14.2. The Bertz CT molecular complexity index is 4270. The fourth-order valence-corrected chi connectivity index (χ4v) is 19.4. The molecule has 0 bridgehead atoms. The number of likely N-dealkylation sites (tertiary alicyclic amines) is 4. The molecule has 16 atom stereocenters. The molecule has 6 aliphatic rings. The minimum absolute atomic E-state index is 0.0475. The number of amides is 4. The maximum Gasteiger partial charge on any atom is 0.306 e. The second-order valence-corrected chi connectivity index (χ2v) is 34.6. The number of carbonyl (C=O) groups excluding carboxylic acids is 12. The topological polar surface area (TPSA) is 298 Å². The summed E-state index contributed by atoms with van der Waals surface area (Å²) in [7, 11) is 11.1. The van der Waals surface area contributed by atoms with Crippen molar-refractivity contribution in [1.29, 1.82) is 0 Å². The Labute approximate surface area is 749 Å². The van der Waals surface area contributed by atoms with E-state index in [4.69, 9.17) is 37.9 Å². The van der Waals surface area contributed by atoms with Crippen LogP contribution in [0.1, 0.15) is 199 Å². The van der Waals surface area contributed by atoms with Gasteiger partial charge in [-0.1, -0.05) is 97.1 Å². The number of esters is 4. The zero-order valence-corrected chi connectivity index (χ0v) is 75.7. The number of Topliss-reactive ketones (excluding diaryl/α,β-unsaturated/α-hetero) is 4. The third kappa shape index (κ3) is 23.7.